The molecule has 1 rings (SSSR count). The van der Waals surface area contributed by atoms with Gasteiger partial charge in [0.25, 0.3) is 0 Å². The molecule has 1 amide bonds. The Labute approximate surface area is 103 Å². The van der Waals surface area contributed by atoms with Crippen molar-refractivity contribution < 1.29 is 14.3 Å². The van der Waals surface area contributed by atoms with Gasteiger partial charge in [-0.05, 0) is 26.2 Å². The Balaban J connectivity index is 2.30. The van der Waals surface area contributed by atoms with Crippen LogP contribution in [0.4, 0.5) is 0 Å². The molecule has 1 atom stereocenters. The summed E-state index contributed by atoms with van der Waals surface area (Å²) in [7, 11) is 1.62. The summed E-state index contributed by atoms with van der Waals surface area (Å²) in [4.78, 5) is 13.8. The van der Waals surface area contributed by atoms with Crippen molar-refractivity contribution in [3.8, 4) is 0 Å². The standard InChI is InChI=1S/C12H24N2O3/c1-3-17-10-4-7-14(8-5-10)12(15)11(13)6-9-16-2/h10-11H,3-9,13H2,1-2H3. The minimum atomic E-state index is -0.432. The van der Waals surface area contributed by atoms with Gasteiger partial charge in [-0.15, -0.1) is 0 Å². The highest BCUT2D eigenvalue weighted by Crippen LogP contribution is 2.14. The Morgan fingerprint density at radius 2 is 2.12 bits per heavy atom. The van der Waals surface area contributed by atoms with E-state index in [4.69, 9.17) is 15.2 Å². The zero-order chi connectivity index (χ0) is 12.7. The fourth-order valence-electron chi connectivity index (χ4n) is 2.08. The number of nitrogens with zero attached hydrogens (tertiary/aromatic N) is 1. The van der Waals surface area contributed by atoms with Gasteiger partial charge in [0.05, 0.1) is 12.1 Å². The monoisotopic (exact) mass is 244 g/mol. The van der Waals surface area contributed by atoms with Gasteiger partial charge in [-0.2, -0.15) is 0 Å². The molecule has 2 N–H and O–H groups in total. The molecule has 1 unspecified atom stereocenters. The van der Waals surface area contributed by atoms with Crippen molar-refractivity contribution >= 4 is 5.91 Å². The van der Waals surface area contributed by atoms with Crippen LogP contribution in [-0.4, -0.2) is 56.4 Å². The summed E-state index contributed by atoms with van der Waals surface area (Å²) >= 11 is 0. The lowest BCUT2D eigenvalue weighted by atomic mass is 10.1. The lowest BCUT2D eigenvalue weighted by Crippen LogP contribution is -2.48. The van der Waals surface area contributed by atoms with Crippen LogP contribution < -0.4 is 5.73 Å². The van der Waals surface area contributed by atoms with Crippen LogP contribution in [0.25, 0.3) is 0 Å². The first kappa shape index (κ1) is 14.4. The second kappa shape index (κ2) is 7.63. The number of rotatable bonds is 6. The SMILES string of the molecule is CCOC1CCN(C(=O)C(N)CCOC)CC1. The predicted octanol–water partition coefficient (Wildman–Crippen LogP) is 0.378. The van der Waals surface area contributed by atoms with E-state index in [2.05, 4.69) is 0 Å². The number of piperidine rings is 1. The summed E-state index contributed by atoms with van der Waals surface area (Å²) in [5.74, 6) is 0.0389. The van der Waals surface area contributed by atoms with E-state index in [9.17, 15) is 4.79 Å². The molecule has 0 aromatic carbocycles. The molecule has 0 spiro atoms. The Bertz CT molecular complexity index is 228. The van der Waals surface area contributed by atoms with Crippen molar-refractivity contribution in [3.63, 3.8) is 0 Å². The molecule has 1 aliphatic heterocycles. The molecule has 5 nitrogen and oxygen atoms in total. The first-order valence-corrected chi connectivity index (χ1v) is 6.34. The van der Waals surface area contributed by atoms with E-state index in [0.29, 0.717) is 19.1 Å². The Hall–Kier alpha value is -0.650. The molecule has 0 aromatic rings. The van der Waals surface area contributed by atoms with E-state index in [1.807, 2.05) is 11.8 Å². The van der Waals surface area contributed by atoms with Gasteiger partial charge in [-0.25, -0.2) is 0 Å². The van der Waals surface area contributed by atoms with Gasteiger partial charge in [0, 0.05) is 33.4 Å². The topological polar surface area (TPSA) is 64.8 Å². The molecule has 1 saturated heterocycles. The smallest absolute Gasteiger partial charge is 0.239 e. The number of likely N-dealkylation sites (tertiary alicyclic amines) is 1. The van der Waals surface area contributed by atoms with E-state index in [-0.39, 0.29) is 5.91 Å². The molecule has 0 aliphatic carbocycles. The fraction of sp³-hybridized carbons (Fsp3) is 0.917. The molecule has 5 heteroatoms. The number of amides is 1. The zero-order valence-corrected chi connectivity index (χ0v) is 10.9. The van der Waals surface area contributed by atoms with E-state index in [0.717, 1.165) is 32.5 Å². The van der Waals surface area contributed by atoms with E-state index >= 15 is 0 Å². The lowest BCUT2D eigenvalue weighted by molar-refractivity contribution is -0.135. The van der Waals surface area contributed by atoms with Crippen molar-refractivity contribution in [1.82, 2.24) is 4.90 Å². The van der Waals surface area contributed by atoms with Crippen LogP contribution in [0.2, 0.25) is 0 Å². The minimum absolute atomic E-state index is 0.0389. The number of hydrogen-bond donors (Lipinski definition) is 1. The van der Waals surface area contributed by atoms with Crippen molar-refractivity contribution in [1.29, 1.82) is 0 Å². The third-order valence-electron chi connectivity index (χ3n) is 3.11. The van der Waals surface area contributed by atoms with E-state index in [1.165, 1.54) is 0 Å². The van der Waals surface area contributed by atoms with Gasteiger partial charge in [0.1, 0.15) is 0 Å². The quantitative estimate of drug-likeness (QED) is 0.733. The third kappa shape index (κ3) is 4.61. The molecular formula is C12H24N2O3. The largest absolute Gasteiger partial charge is 0.385 e. The first-order valence-electron chi connectivity index (χ1n) is 6.34. The maximum absolute atomic E-state index is 12.0. The molecule has 1 heterocycles. The number of methoxy groups -OCH3 is 1. The highest BCUT2D eigenvalue weighted by atomic mass is 16.5. The van der Waals surface area contributed by atoms with E-state index in [1.54, 1.807) is 7.11 Å². The summed E-state index contributed by atoms with van der Waals surface area (Å²) in [6, 6.07) is -0.432. The van der Waals surface area contributed by atoms with Crippen LogP contribution in [0.3, 0.4) is 0 Å². The average molecular weight is 244 g/mol. The van der Waals surface area contributed by atoms with Gasteiger partial charge in [-0.1, -0.05) is 0 Å². The summed E-state index contributed by atoms with van der Waals surface area (Å²) < 4.78 is 10.5. The lowest BCUT2D eigenvalue weighted by Gasteiger charge is -2.33. The summed E-state index contributed by atoms with van der Waals surface area (Å²) in [6.07, 6.45) is 2.72. The molecule has 17 heavy (non-hydrogen) atoms. The minimum Gasteiger partial charge on any atom is -0.385 e. The van der Waals surface area contributed by atoms with Gasteiger partial charge in [0.2, 0.25) is 5.91 Å². The van der Waals surface area contributed by atoms with Crippen LogP contribution in [-0.2, 0) is 14.3 Å². The van der Waals surface area contributed by atoms with Gasteiger partial charge >= 0.3 is 0 Å². The first-order chi connectivity index (χ1) is 8.19. The summed E-state index contributed by atoms with van der Waals surface area (Å²) in [5, 5.41) is 0. The Morgan fingerprint density at radius 1 is 1.47 bits per heavy atom. The number of carbonyl (C=O) groups is 1. The van der Waals surface area contributed by atoms with Gasteiger partial charge in [0.15, 0.2) is 0 Å². The van der Waals surface area contributed by atoms with Crippen LogP contribution >= 0.6 is 0 Å². The number of nitrogens with two attached hydrogens (primary N) is 1. The predicted molar refractivity (Wildman–Crippen MR) is 65.7 cm³/mol. The van der Waals surface area contributed by atoms with Crippen LogP contribution in [0.1, 0.15) is 26.2 Å². The number of carbonyl (C=O) groups excluding carboxylic acids is 1. The summed E-state index contributed by atoms with van der Waals surface area (Å²) in [5.41, 5.74) is 5.82. The van der Waals surface area contributed by atoms with Crippen LogP contribution in [0.5, 0.6) is 0 Å². The molecule has 0 aromatic heterocycles. The Kier molecular flexibility index (Phi) is 6.47. The molecule has 1 aliphatic rings. The molecule has 1 fully saturated rings. The van der Waals surface area contributed by atoms with E-state index < -0.39 is 6.04 Å². The second-order valence-corrected chi connectivity index (χ2v) is 4.37. The zero-order valence-electron chi connectivity index (χ0n) is 10.9. The van der Waals surface area contributed by atoms with Crippen molar-refractivity contribution in [2.24, 2.45) is 5.73 Å². The van der Waals surface area contributed by atoms with Crippen molar-refractivity contribution in [2.75, 3.05) is 33.4 Å². The molecule has 0 saturated carbocycles. The molecule has 0 radical (unpaired) electrons. The molecule has 0 bridgehead atoms. The maximum Gasteiger partial charge on any atom is 0.239 e. The highest BCUT2D eigenvalue weighted by Gasteiger charge is 2.26. The Morgan fingerprint density at radius 3 is 2.65 bits per heavy atom. The van der Waals surface area contributed by atoms with Crippen LogP contribution in [0, 0.1) is 0 Å². The summed E-state index contributed by atoms with van der Waals surface area (Å²) in [6.45, 7) is 4.78. The fourth-order valence-corrected chi connectivity index (χ4v) is 2.08. The normalized spacial score (nSPS) is 19.4. The van der Waals surface area contributed by atoms with Crippen molar-refractivity contribution in [2.45, 2.75) is 38.3 Å². The van der Waals surface area contributed by atoms with Gasteiger partial charge in [-0.3, -0.25) is 4.79 Å². The average Bonchev–Trinajstić information content (AvgIpc) is 2.36. The molecule has 100 valence electrons. The maximum atomic E-state index is 12.0. The van der Waals surface area contributed by atoms with Gasteiger partial charge < -0.3 is 20.1 Å². The van der Waals surface area contributed by atoms with Crippen LogP contribution in [0.15, 0.2) is 0 Å². The highest BCUT2D eigenvalue weighted by molar-refractivity contribution is 5.81. The van der Waals surface area contributed by atoms with Crippen molar-refractivity contribution in [3.05, 3.63) is 0 Å². The third-order valence-corrected chi connectivity index (χ3v) is 3.11. The number of ether oxygens (including phenoxy) is 2. The second-order valence-electron chi connectivity index (χ2n) is 4.37. The number of hydrogen-bond acceptors (Lipinski definition) is 4. The molecular weight excluding hydrogens is 220 g/mol.